The number of halogens is 1. The van der Waals surface area contributed by atoms with Crippen LogP contribution in [-0.4, -0.2) is 35.4 Å². The number of benzene rings is 3. The third-order valence-electron chi connectivity index (χ3n) is 7.17. The first-order valence-corrected chi connectivity index (χ1v) is 14.3. The average Bonchev–Trinajstić information content (AvgIpc) is 2.92. The van der Waals surface area contributed by atoms with Crippen molar-refractivity contribution in [1.29, 1.82) is 0 Å². The summed E-state index contributed by atoms with van der Waals surface area (Å²) in [6, 6.07) is 23.2. The highest BCUT2D eigenvalue weighted by atomic mass is 79.9. The molecule has 5 nitrogen and oxygen atoms in total. The van der Waals surface area contributed by atoms with Gasteiger partial charge in [-0.25, -0.2) is 0 Å². The van der Waals surface area contributed by atoms with Crippen LogP contribution in [0.3, 0.4) is 0 Å². The van der Waals surface area contributed by atoms with E-state index in [1.807, 2.05) is 86.6 Å². The van der Waals surface area contributed by atoms with Crippen molar-refractivity contribution in [3.63, 3.8) is 0 Å². The third-order valence-corrected chi connectivity index (χ3v) is 7.70. The van der Waals surface area contributed by atoms with Crippen LogP contribution in [0.2, 0.25) is 0 Å². The number of carbonyl (C=O) groups is 2. The van der Waals surface area contributed by atoms with Crippen molar-refractivity contribution in [2.45, 2.75) is 71.0 Å². The Morgan fingerprint density at radius 1 is 0.947 bits per heavy atom. The van der Waals surface area contributed by atoms with Crippen molar-refractivity contribution in [2.75, 3.05) is 6.61 Å². The molecule has 1 N–H and O–H groups in total. The molecule has 1 fully saturated rings. The number of rotatable bonds is 10. The zero-order chi connectivity index (χ0) is 26.9. The van der Waals surface area contributed by atoms with E-state index < -0.39 is 6.04 Å². The quantitative estimate of drug-likeness (QED) is 0.298. The summed E-state index contributed by atoms with van der Waals surface area (Å²) in [6.45, 7) is 4.18. The molecule has 200 valence electrons. The van der Waals surface area contributed by atoms with Gasteiger partial charge in [0.25, 0.3) is 5.91 Å². The molecular formula is C32H37BrN2O3. The number of amides is 2. The van der Waals surface area contributed by atoms with Gasteiger partial charge in [-0.2, -0.15) is 0 Å². The molecule has 1 saturated carbocycles. The zero-order valence-corrected chi connectivity index (χ0v) is 23.9. The summed E-state index contributed by atoms with van der Waals surface area (Å²) in [5, 5.41) is 3.28. The molecule has 0 unspecified atom stereocenters. The van der Waals surface area contributed by atoms with Crippen molar-refractivity contribution < 1.29 is 14.3 Å². The Balaban J connectivity index is 1.61. The first-order chi connectivity index (χ1) is 18.4. The van der Waals surface area contributed by atoms with Crippen molar-refractivity contribution in [1.82, 2.24) is 10.2 Å². The van der Waals surface area contributed by atoms with Gasteiger partial charge in [0, 0.05) is 23.5 Å². The molecule has 2 amide bonds. The maximum Gasteiger partial charge on any atom is 0.261 e. The summed E-state index contributed by atoms with van der Waals surface area (Å²) in [6.07, 6.45) is 5.87. The minimum absolute atomic E-state index is 0.0993. The first-order valence-electron chi connectivity index (χ1n) is 13.5. The van der Waals surface area contributed by atoms with E-state index >= 15 is 0 Å². The molecule has 0 radical (unpaired) electrons. The standard InChI is InChI=1S/C32H37BrN2O3/c1-23-13-18-30(24(2)19-23)38-22-31(36)35(21-26-14-16-27(33)17-15-26)29(20-25-9-5-3-6-10-25)32(37)34-28-11-7-4-8-12-28/h3,5-6,9-10,13-19,28-29H,4,7-8,11-12,20-22H2,1-2H3,(H,34,37)/t29-/m0/s1. The summed E-state index contributed by atoms with van der Waals surface area (Å²) in [5.41, 5.74) is 4.09. The SMILES string of the molecule is Cc1ccc(OCC(=O)N(Cc2ccc(Br)cc2)[C@@H](Cc2ccccc2)C(=O)NC2CCCCC2)c(C)c1. The van der Waals surface area contributed by atoms with Gasteiger partial charge >= 0.3 is 0 Å². The highest BCUT2D eigenvalue weighted by Crippen LogP contribution is 2.22. The number of nitrogens with zero attached hydrogens (tertiary/aromatic N) is 1. The smallest absolute Gasteiger partial charge is 0.261 e. The van der Waals surface area contributed by atoms with Crippen LogP contribution in [0, 0.1) is 13.8 Å². The van der Waals surface area contributed by atoms with Crippen molar-refractivity contribution >= 4 is 27.7 Å². The predicted octanol–water partition coefficient (Wildman–Crippen LogP) is 6.53. The van der Waals surface area contributed by atoms with Gasteiger partial charge in [-0.3, -0.25) is 9.59 Å². The Labute approximate surface area is 234 Å². The molecule has 4 rings (SSSR count). The molecule has 1 aliphatic carbocycles. The Bertz CT molecular complexity index is 1210. The maximum absolute atomic E-state index is 13.8. The van der Waals surface area contributed by atoms with E-state index in [2.05, 4.69) is 21.2 Å². The molecule has 0 heterocycles. The van der Waals surface area contributed by atoms with Gasteiger partial charge in [0.1, 0.15) is 11.8 Å². The Morgan fingerprint density at radius 3 is 2.34 bits per heavy atom. The molecule has 6 heteroatoms. The van der Waals surface area contributed by atoms with Gasteiger partial charge in [0.15, 0.2) is 6.61 Å². The second-order valence-corrected chi connectivity index (χ2v) is 11.2. The average molecular weight is 578 g/mol. The van der Waals surface area contributed by atoms with E-state index in [9.17, 15) is 9.59 Å². The van der Waals surface area contributed by atoms with Crippen LogP contribution >= 0.6 is 15.9 Å². The van der Waals surface area contributed by atoms with Crippen molar-refractivity contribution in [3.05, 3.63) is 99.5 Å². The van der Waals surface area contributed by atoms with E-state index in [1.165, 1.54) is 6.42 Å². The van der Waals surface area contributed by atoms with Gasteiger partial charge < -0.3 is 15.0 Å². The maximum atomic E-state index is 13.8. The molecule has 0 spiro atoms. The van der Waals surface area contributed by atoms with Gasteiger partial charge in [0.2, 0.25) is 5.91 Å². The lowest BCUT2D eigenvalue weighted by Gasteiger charge is -2.33. The van der Waals surface area contributed by atoms with E-state index in [1.54, 1.807) is 4.90 Å². The molecule has 3 aromatic carbocycles. The van der Waals surface area contributed by atoms with Crippen LogP contribution < -0.4 is 10.1 Å². The minimum Gasteiger partial charge on any atom is -0.483 e. The van der Waals surface area contributed by atoms with Crippen LogP contribution in [0.5, 0.6) is 5.75 Å². The highest BCUT2D eigenvalue weighted by molar-refractivity contribution is 9.10. The van der Waals surface area contributed by atoms with Crippen LogP contribution in [-0.2, 0) is 22.6 Å². The van der Waals surface area contributed by atoms with Gasteiger partial charge in [0.05, 0.1) is 0 Å². The Kier molecular flexibility index (Phi) is 9.99. The molecule has 3 aromatic rings. The van der Waals surface area contributed by atoms with Gasteiger partial charge in [-0.1, -0.05) is 95.4 Å². The second kappa shape index (κ2) is 13.6. The van der Waals surface area contributed by atoms with E-state index in [4.69, 9.17) is 4.74 Å². The minimum atomic E-state index is -0.654. The lowest BCUT2D eigenvalue weighted by atomic mass is 9.94. The molecule has 38 heavy (non-hydrogen) atoms. The summed E-state index contributed by atoms with van der Waals surface area (Å²) >= 11 is 3.49. The monoisotopic (exact) mass is 576 g/mol. The second-order valence-electron chi connectivity index (χ2n) is 10.3. The molecular weight excluding hydrogens is 540 g/mol. The summed E-state index contributed by atoms with van der Waals surface area (Å²) < 4.78 is 6.96. The number of hydrogen-bond donors (Lipinski definition) is 1. The normalized spacial score (nSPS) is 14.5. The molecule has 0 bridgehead atoms. The van der Waals surface area contributed by atoms with Gasteiger partial charge in [-0.05, 0) is 61.6 Å². The Hall–Kier alpha value is -3.12. The molecule has 1 atom stereocenters. The fraction of sp³-hybridized carbons (Fsp3) is 0.375. The summed E-state index contributed by atoms with van der Waals surface area (Å²) in [7, 11) is 0. The summed E-state index contributed by atoms with van der Waals surface area (Å²) in [5.74, 6) is 0.365. The highest BCUT2D eigenvalue weighted by Gasteiger charge is 2.32. The number of ether oxygens (including phenoxy) is 1. The molecule has 0 aromatic heterocycles. The number of nitrogens with one attached hydrogen (secondary N) is 1. The van der Waals surface area contributed by atoms with Crippen LogP contribution in [0.1, 0.15) is 54.4 Å². The number of carbonyl (C=O) groups excluding carboxylic acids is 2. The third kappa shape index (κ3) is 7.94. The van der Waals surface area contributed by atoms with Crippen LogP contribution in [0.4, 0.5) is 0 Å². The molecule has 0 saturated heterocycles. The van der Waals surface area contributed by atoms with Crippen molar-refractivity contribution in [2.24, 2.45) is 0 Å². The molecule has 1 aliphatic rings. The van der Waals surface area contributed by atoms with Gasteiger partial charge in [-0.15, -0.1) is 0 Å². The molecule has 0 aliphatic heterocycles. The van der Waals surface area contributed by atoms with E-state index in [0.29, 0.717) is 18.7 Å². The summed E-state index contributed by atoms with van der Waals surface area (Å²) in [4.78, 5) is 29.3. The Morgan fingerprint density at radius 2 is 1.66 bits per heavy atom. The van der Waals surface area contributed by atoms with Crippen molar-refractivity contribution in [3.8, 4) is 5.75 Å². The van der Waals surface area contributed by atoms with E-state index in [-0.39, 0.29) is 24.5 Å². The van der Waals surface area contributed by atoms with Crippen LogP contribution in [0.25, 0.3) is 0 Å². The fourth-order valence-electron chi connectivity index (χ4n) is 5.07. The fourth-order valence-corrected chi connectivity index (χ4v) is 5.33. The van der Waals surface area contributed by atoms with Crippen LogP contribution in [0.15, 0.2) is 77.3 Å². The van der Waals surface area contributed by atoms with E-state index in [0.717, 1.165) is 52.4 Å². The predicted molar refractivity (Wildman–Crippen MR) is 155 cm³/mol. The largest absolute Gasteiger partial charge is 0.483 e. The zero-order valence-electron chi connectivity index (χ0n) is 22.3. The first kappa shape index (κ1) is 27.9. The lowest BCUT2D eigenvalue weighted by Crippen LogP contribution is -2.53. The number of hydrogen-bond acceptors (Lipinski definition) is 3. The topological polar surface area (TPSA) is 58.6 Å². The lowest BCUT2D eigenvalue weighted by molar-refractivity contribution is -0.143. The number of aryl methyl sites for hydroxylation is 2.